The summed E-state index contributed by atoms with van der Waals surface area (Å²) in [6.45, 7) is 2.25. The van der Waals surface area contributed by atoms with Gasteiger partial charge in [0.15, 0.2) is 0 Å². The molecular weight excluding hydrogens is 474 g/mol. The van der Waals surface area contributed by atoms with Crippen molar-refractivity contribution in [2.24, 2.45) is 5.73 Å². The lowest BCUT2D eigenvalue weighted by atomic mass is 10.0. The fraction of sp³-hybridized carbons (Fsp3) is 0.138. The summed E-state index contributed by atoms with van der Waals surface area (Å²) in [6.07, 6.45) is 4.35. The highest BCUT2D eigenvalue weighted by atomic mass is 35.5. The van der Waals surface area contributed by atoms with E-state index in [-0.39, 0.29) is 23.8 Å². The molecule has 1 amide bonds. The van der Waals surface area contributed by atoms with Crippen LogP contribution < -0.4 is 11.1 Å². The van der Waals surface area contributed by atoms with Crippen molar-refractivity contribution in [3.8, 4) is 0 Å². The molecule has 1 aromatic heterocycles. The highest BCUT2D eigenvalue weighted by molar-refractivity contribution is 6.30. The molecule has 0 aliphatic heterocycles. The molecule has 0 aliphatic carbocycles. The van der Waals surface area contributed by atoms with Crippen LogP contribution in [-0.4, -0.2) is 34.6 Å². The van der Waals surface area contributed by atoms with Gasteiger partial charge in [-0.3, -0.25) is 4.79 Å². The molecule has 7 heteroatoms. The molecule has 1 heterocycles. The lowest BCUT2D eigenvalue weighted by Gasteiger charge is -2.17. The van der Waals surface area contributed by atoms with E-state index in [2.05, 4.69) is 10.3 Å². The maximum atomic E-state index is 13.0. The molecule has 0 bridgehead atoms. The second kappa shape index (κ2) is 11.2. The minimum absolute atomic E-state index is 0.00901. The van der Waals surface area contributed by atoms with E-state index in [4.69, 9.17) is 17.3 Å². The summed E-state index contributed by atoms with van der Waals surface area (Å²) in [7, 11) is 0. The lowest BCUT2D eigenvalue weighted by molar-refractivity contribution is 0.0699. The van der Waals surface area contributed by atoms with Crippen molar-refractivity contribution in [3.05, 3.63) is 111 Å². The van der Waals surface area contributed by atoms with Gasteiger partial charge in [0.2, 0.25) is 0 Å². The van der Waals surface area contributed by atoms with Crippen LogP contribution in [-0.2, 0) is 6.42 Å². The first kappa shape index (κ1) is 25.1. The molecule has 0 saturated carbocycles. The number of carbonyl (C=O) groups excluding carboxylic acids is 1. The number of nitrogens with one attached hydrogen (secondary N) is 1. The topological polar surface area (TPSA) is 105 Å². The van der Waals surface area contributed by atoms with Gasteiger partial charge in [-0.1, -0.05) is 71.8 Å². The second-order valence-electron chi connectivity index (χ2n) is 8.62. The first-order chi connectivity index (χ1) is 17.3. The maximum Gasteiger partial charge on any atom is 0.336 e. The summed E-state index contributed by atoms with van der Waals surface area (Å²) in [5.74, 6) is -1.60. The number of nitrogens with two attached hydrogens (primary N) is 1. The summed E-state index contributed by atoms with van der Waals surface area (Å²) in [6, 6.07) is 21.7. The predicted octanol–water partition coefficient (Wildman–Crippen LogP) is 5.37. The Labute approximate surface area is 214 Å². The summed E-state index contributed by atoms with van der Waals surface area (Å²) in [5.41, 5.74) is 10.3. The minimum atomic E-state index is -1.13. The number of carboxylic acid groups (broad SMARTS) is 1. The number of aryl methyl sites for hydroxylation is 1. The Kier molecular flexibility index (Phi) is 7.78. The van der Waals surface area contributed by atoms with Crippen molar-refractivity contribution in [2.45, 2.75) is 19.4 Å². The van der Waals surface area contributed by atoms with Crippen LogP contribution in [0.3, 0.4) is 0 Å². The third kappa shape index (κ3) is 6.16. The molecule has 4 rings (SSSR count). The highest BCUT2D eigenvalue weighted by Crippen LogP contribution is 2.22. The number of carboxylic acids is 1. The zero-order valence-corrected chi connectivity index (χ0v) is 20.5. The van der Waals surface area contributed by atoms with Crippen molar-refractivity contribution in [1.82, 2.24) is 10.3 Å². The average Bonchev–Trinajstić information content (AvgIpc) is 2.88. The van der Waals surface area contributed by atoms with Gasteiger partial charge in [-0.15, -0.1) is 0 Å². The van der Waals surface area contributed by atoms with Crippen molar-refractivity contribution in [3.63, 3.8) is 0 Å². The number of hydrogen-bond donors (Lipinski definition) is 3. The number of aromatic nitrogens is 1. The van der Waals surface area contributed by atoms with Gasteiger partial charge in [-0.2, -0.15) is 0 Å². The first-order valence-corrected chi connectivity index (χ1v) is 11.9. The summed E-state index contributed by atoms with van der Waals surface area (Å²) in [4.78, 5) is 29.5. The lowest BCUT2D eigenvalue weighted by Crippen LogP contribution is -2.42. The molecule has 0 radical (unpaired) electrons. The first-order valence-electron chi connectivity index (χ1n) is 11.5. The number of pyridine rings is 1. The molecule has 36 heavy (non-hydrogen) atoms. The number of halogens is 1. The molecule has 0 aliphatic rings. The van der Waals surface area contributed by atoms with E-state index in [1.165, 1.54) is 6.07 Å². The van der Waals surface area contributed by atoms with Crippen LogP contribution in [0.5, 0.6) is 0 Å². The molecule has 1 atom stereocenters. The number of fused-ring (bicyclic) bond motifs is 1. The van der Waals surface area contributed by atoms with Gasteiger partial charge in [0.05, 0.1) is 11.1 Å². The number of hydrogen-bond acceptors (Lipinski definition) is 4. The summed E-state index contributed by atoms with van der Waals surface area (Å²) < 4.78 is 0. The Bertz CT molecular complexity index is 1430. The van der Waals surface area contributed by atoms with Crippen molar-refractivity contribution >= 4 is 46.5 Å². The molecule has 182 valence electrons. The van der Waals surface area contributed by atoms with Gasteiger partial charge >= 0.3 is 5.97 Å². The fourth-order valence-electron chi connectivity index (χ4n) is 3.87. The van der Waals surface area contributed by atoms with Gasteiger partial charge < -0.3 is 16.2 Å². The molecule has 4 N–H and O–H groups in total. The van der Waals surface area contributed by atoms with Gasteiger partial charge in [-0.25, -0.2) is 9.78 Å². The summed E-state index contributed by atoms with van der Waals surface area (Å²) >= 11 is 5.93. The summed E-state index contributed by atoms with van der Waals surface area (Å²) in [5, 5.41) is 13.8. The van der Waals surface area contributed by atoms with Gasteiger partial charge in [0.1, 0.15) is 5.69 Å². The molecule has 3 aromatic carbocycles. The van der Waals surface area contributed by atoms with Gasteiger partial charge in [0.25, 0.3) is 5.91 Å². The zero-order chi connectivity index (χ0) is 25.7. The third-order valence-electron chi connectivity index (χ3n) is 5.86. The van der Waals surface area contributed by atoms with Crippen molar-refractivity contribution in [2.75, 3.05) is 6.54 Å². The molecule has 6 nitrogen and oxygen atoms in total. The van der Waals surface area contributed by atoms with Crippen LogP contribution in [0.2, 0.25) is 5.02 Å². The Balaban J connectivity index is 1.58. The van der Waals surface area contributed by atoms with Gasteiger partial charge in [0, 0.05) is 23.0 Å². The van der Waals surface area contributed by atoms with E-state index in [0.29, 0.717) is 22.3 Å². The number of carbonyl (C=O) groups is 2. The van der Waals surface area contributed by atoms with Crippen LogP contribution in [0.15, 0.2) is 72.8 Å². The molecule has 0 saturated heterocycles. The fourth-order valence-corrected chi connectivity index (χ4v) is 3.99. The van der Waals surface area contributed by atoms with Crippen LogP contribution in [0, 0.1) is 6.92 Å². The number of rotatable bonds is 8. The van der Waals surface area contributed by atoms with E-state index in [0.717, 1.165) is 22.3 Å². The smallest absolute Gasteiger partial charge is 0.336 e. The van der Waals surface area contributed by atoms with E-state index in [1.54, 1.807) is 24.3 Å². The Morgan fingerprint density at radius 3 is 2.33 bits per heavy atom. The number of amides is 1. The molecule has 0 unspecified atom stereocenters. The van der Waals surface area contributed by atoms with Crippen molar-refractivity contribution < 1.29 is 14.7 Å². The largest absolute Gasteiger partial charge is 0.478 e. The Morgan fingerprint density at radius 1 is 1.00 bits per heavy atom. The second-order valence-corrected chi connectivity index (χ2v) is 9.05. The van der Waals surface area contributed by atoms with Gasteiger partial charge in [-0.05, 0) is 60.4 Å². The van der Waals surface area contributed by atoms with E-state index < -0.39 is 11.9 Å². The third-order valence-corrected chi connectivity index (χ3v) is 6.11. The van der Waals surface area contributed by atoms with E-state index >= 15 is 0 Å². The van der Waals surface area contributed by atoms with E-state index in [9.17, 15) is 14.7 Å². The van der Waals surface area contributed by atoms with Crippen LogP contribution in [0.25, 0.3) is 23.1 Å². The zero-order valence-electron chi connectivity index (χ0n) is 19.7. The Morgan fingerprint density at radius 2 is 1.67 bits per heavy atom. The minimum Gasteiger partial charge on any atom is -0.478 e. The number of benzene rings is 3. The molecule has 4 aromatic rings. The standard InChI is InChI=1S/C29H26ClN3O3/c1-18-2-4-20(5-3-18)14-23(17-31)32-28(34)27-16-25(29(35)36)24-15-21(10-13-26(24)33-27)7-6-19-8-11-22(30)12-9-19/h2-13,15-16,23H,14,17,31H2,1H3,(H,32,34)(H,35,36)/b7-6+/t23-/m0/s1. The van der Waals surface area contributed by atoms with Crippen LogP contribution in [0.4, 0.5) is 0 Å². The normalized spacial score (nSPS) is 12.1. The van der Waals surface area contributed by atoms with Crippen LogP contribution in [0.1, 0.15) is 43.1 Å². The van der Waals surface area contributed by atoms with Crippen molar-refractivity contribution in [1.29, 1.82) is 0 Å². The number of aromatic carboxylic acids is 1. The average molecular weight is 500 g/mol. The molecule has 0 fully saturated rings. The predicted molar refractivity (Wildman–Crippen MR) is 144 cm³/mol. The monoisotopic (exact) mass is 499 g/mol. The van der Waals surface area contributed by atoms with E-state index in [1.807, 2.05) is 61.5 Å². The molecule has 0 spiro atoms. The molecular formula is C29H26ClN3O3. The quantitative estimate of drug-likeness (QED) is 0.283. The van der Waals surface area contributed by atoms with Crippen LogP contribution >= 0.6 is 11.6 Å². The highest BCUT2D eigenvalue weighted by Gasteiger charge is 2.19. The Hall–Kier alpha value is -4.00. The number of nitrogens with zero attached hydrogens (tertiary/aromatic N) is 1. The SMILES string of the molecule is Cc1ccc(C[C@@H](CN)NC(=O)c2cc(C(=O)O)c3cc(/C=C/c4ccc(Cl)cc4)ccc3n2)cc1. The maximum absolute atomic E-state index is 13.0.